The van der Waals surface area contributed by atoms with Crippen molar-refractivity contribution in [1.82, 2.24) is 30.0 Å². The highest BCUT2D eigenvalue weighted by Gasteiger charge is 2.19. The van der Waals surface area contributed by atoms with Crippen molar-refractivity contribution in [2.45, 2.75) is 26.3 Å². The molecule has 0 aliphatic carbocycles. The van der Waals surface area contributed by atoms with E-state index in [-0.39, 0.29) is 11.8 Å². The monoisotopic (exact) mass is 312 g/mol. The molecule has 8 heteroatoms. The predicted octanol–water partition coefficient (Wildman–Crippen LogP) is 1.70. The van der Waals surface area contributed by atoms with E-state index in [4.69, 9.17) is 4.42 Å². The minimum absolute atomic E-state index is 0.0855. The van der Waals surface area contributed by atoms with Crippen LogP contribution >= 0.6 is 0 Å². The molecule has 8 nitrogen and oxygen atoms in total. The number of nitrogens with zero attached hydrogens (tertiary/aromatic N) is 5. The summed E-state index contributed by atoms with van der Waals surface area (Å²) in [4.78, 5) is 24.5. The Bertz CT molecular complexity index is 794. The van der Waals surface area contributed by atoms with Crippen LogP contribution in [0.5, 0.6) is 0 Å². The van der Waals surface area contributed by atoms with Gasteiger partial charge >= 0.3 is 0 Å². The summed E-state index contributed by atoms with van der Waals surface area (Å²) in [5.74, 6) is 0.998. The van der Waals surface area contributed by atoms with Crippen molar-refractivity contribution in [2.24, 2.45) is 0 Å². The maximum absolute atomic E-state index is 12.3. The summed E-state index contributed by atoms with van der Waals surface area (Å²) in [7, 11) is 0. The van der Waals surface area contributed by atoms with E-state index in [1.165, 1.54) is 12.7 Å². The largest absolute Gasteiger partial charge is 0.447 e. The van der Waals surface area contributed by atoms with Crippen LogP contribution in [-0.4, -0.2) is 30.6 Å². The first-order valence-electron chi connectivity index (χ1n) is 7.17. The van der Waals surface area contributed by atoms with E-state index in [9.17, 15) is 4.79 Å². The molecular weight excluding hydrogens is 296 g/mol. The number of carbonyl (C=O) groups is 1. The Balaban J connectivity index is 1.76. The van der Waals surface area contributed by atoms with E-state index >= 15 is 0 Å². The first-order chi connectivity index (χ1) is 11.2. The van der Waals surface area contributed by atoms with Gasteiger partial charge in [-0.1, -0.05) is 19.9 Å². The molecule has 118 valence electrons. The molecule has 0 aromatic carbocycles. The molecular formula is C15H16N6O2. The Kier molecular flexibility index (Phi) is 4.13. The Morgan fingerprint density at radius 2 is 2.26 bits per heavy atom. The topological polar surface area (TPSA) is 98.7 Å². The minimum atomic E-state index is -0.282. The van der Waals surface area contributed by atoms with Gasteiger partial charge in [0.2, 0.25) is 0 Å². The van der Waals surface area contributed by atoms with Crippen molar-refractivity contribution in [3.63, 3.8) is 0 Å². The van der Waals surface area contributed by atoms with Crippen LogP contribution in [-0.2, 0) is 6.54 Å². The van der Waals surface area contributed by atoms with Gasteiger partial charge in [0.1, 0.15) is 18.4 Å². The van der Waals surface area contributed by atoms with E-state index in [1.807, 2.05) is 19.9 Å². The van der Waals surface area contributed by atoms with Crippen LogP contribution in [0, 0.1) is 0 Å². The van der Waals surface area contributed by atoms with Crippen molar-refractivity contribution in [3.05, 3.63) is 54.4 Å². The van der Waals surface area contributed by atoms with Crippen molar-refractivity contribution in [3.8, 4) is 5.82 Å². The van der Waals surface area contributed by atoms with Crippen LogP contribution in [0.4, 0.5) is 0 Å². The summed E-state index contributed by atoms with van der Waals surface area (Å²) < 4.78 is 6.83. The van der Waals surface area contributed by atoms with Crippen LogP contribution in [0.25, 0.3) is 5.82 Å². The highest BCUT2D eigenvalue weighted by atomic mass is 16.3. The number of nitrogens with one attached hydrogen (secondary N) is 1. The van der Waals surface area contributed by atoms with Crippen LogP contribution in [0.15, 0.2) is 41.8 Å². The lowest BCUT2D eigenvalue weighted by Crippen LogP contribution is -2.25. The lowest BCUT2D eigenvalue weighted by atomic mass is 10.1. The van der Waals surface area contributed by atoms with E-state index in [1.54, 1.807) is 23.3 Å². The number of carbonyl (C=O) groups excluding carboxylic acids is 1. The molecule has 0 saturated carbocycles. The summed E-state index contributed by atoms with van der Waals surface area (Å²) in [5.41, 5.74) is 1.13. The van der Waals surface area contributed by atoms with Gasteiger partial charge in [0.25, 0.3) is 5.91 Å². The van der Waals surface area contributed by atoms with E-state index in [0.29, 0.717) is 23.8 Å². The molecule has 23 heavy (non-hydrogen) atoms. The molecule has 0 aliphatic rings. The van der Waals surface area contributed by atoms with E-state index < -0.39 is 0 Å². The Morgan fingerprint density at radius 3 is 3.00 bits per heavy atom. The lowest BCUT2D eigenvalue weighted by molar-refractivity contribution is 0.0944. The average Bonchev–Trinajstić information content (AvgIpc) is 3.23. The van der Waals surface area contributed by atoms with Crippen LogP contribution in [0.3, 0.4) is 0 Å². The lowest BCUT2D eigenvalue weighted by Gasteiger charge is -2.09. The van der Waals surface area contributed by atoms with Gasteiger partial charge in [0, 0.05) is 24.2 Å². The number of hydrogen-bond acceptors (Lipinski definition) is 6. The highest BCUT2D eigenvalue weighted by molar-refractivity contribution is 5.93. The fourth-order valence-electron chi connectivity index (χ4n) is 2.19. The number of oxazole rings is 1. The van der Waals surface area contributed by atoms with Crippen LogP contribution in [0.1, 0.15) is 41.6 Å². The van der Waals surface area contributed by atoms with Gasteiger partial charge < -0.3 is 9.73 Å². The molecule has 0 atom stereocenters. The van der Waals surface area contributed by atoms with Crippen molar-refractivity contribution >= 4 is 5.91 Å². The molecule has 3 heterocycles. The molecule has 0 aliphatic heterocycles. The molecule has 1 amide bonds. The second-order valence-corrected chi connectivity index (χ2v) is 5.23. The molecule has 1 N–H and O–H groups in total. The van der Waals surface area contributed by atoms with Gasteiger partial charge in [-0.05, 0) is 6.07 Å². The van der Waals surface area contributed by atoms with Crippen molar-refractivity contribution < 1.29 is 9.21 Å². The summed E-state index contributed by atoms with van der Waals surface area (Å²) in [6, 6.07) is 3.67. The molecule has 0 spiro atoms. The second kappa shape index (κ2) is 6.39. The molecule has 0 bridgehead atoms. The number of amides is 1. The second-order valence-electron chi connectivity index (χ2n) is 5.23. The highest BCUT2D eigenvalue weighted by Crippen LogP contribution is 2.18. The van der Waals surface area contributed by atoms with Gasteiger partial charge in [-0.3, -0.25) is 4.79 Å². The smallest absolute Gasteiger partial charge is 0.273 e. The molecule has 0 radical (unpaired) electrons. The fourth-order valence-corrected chi connectivity index (χ4v) is 2.19. The maximum atomic E-state index is 12.3. The zero-order valence-corrected chi connectivity index (χ0v) is 12.8. The molecule has 0 fully saturated rings. The van der Waals surface area contributed by atoms with E-state index in [2.05, 4.69) is 25.4 Å². The van der Waals surface area contributed by atoms with Gasteiger partial charge in [0.15, 0.2) is 17.9 Å². The van der Waals surface area contributed by atoms with Crippen LogP contribution in [0.2, 0.25) is 0 Å². The maximum Gasteiger partial charge on any atom is 0.273 e. The summed E-state index contributed by atoms with van der Waals surface area (Å²) in [5, 5.41) is 6.90. The first-order valence-corrected chi connectivity index (χ1v) is 7.17. The number of rotatable bonds is 5. The van der Waals surface area contributed by atoms with Gasteiger partial charge in [0.05, 0.1) is 0 Å². The van der Waals surface area contributed by atoms with E-state index in [0.717, 1.165) is 5.56 Å². The van der Waals surface area contributed by atoms with Gasteiger partial charge in [-0.25, -0.2) is 19.6 Å². The number of aromatic nitrogens is 5. The summed E-state index contributed by atoms with van der Waals surface area (Å²) in [6.07, 6.45) is 5.94. The zero-order valence-electron chi connectivity index (χ0n) is 12.8. The Hall–Kier alpha value is -3.03. The summed E-state index contributed by atoms with van der Waals surface area (Å²) in [6.45, 7) is 4.19. The normalized spacial score (nSPS) is 10.9. The molecule has 3 aromatic rings. The summed E-state index contributed by atoms with van der Waals surface area (Å²) >= 11 is 0. The molecule has 0 saturated heterocycles. The Labute approximate surface area is 132 Å². The average molecular weight is 312 g/mol. The van der Waals surface area contributed by atoms with Gasteiger partial charge in [-0.2, -0.15) is 5.10 Å². The molecule has 3 aromatic heterocycles. The Morgan fingerprint density at radius 1 is 1.39 bits per heavy atom. The number of pyridine rings is 1. The minimum Gasteiger partial charge on any atom is -0.447 e. The third-order valence-electron chi connectivity index (χ3n) is 3.28. The molecule has 0 unspecified atom stereocenters. The van der Waals surface area contributed by atoms with Crippen molar-refractivity contribution in [1.29, 1.82) is 0 Å². The fraction of sp³-hybridized carbons (Fsp3) is 0.267. The SMILES string of the molecule is CC(C)c1ocnc1C(=O)NCc1cccnc1-n1cncn1. The predicted molar refractivity (Wildman–Crippen MR) is 80.9 cm³/mol. The zero-order chi connectivity index (χ0) is 16.2. The third-order valence-corrected chi connectivity index (χ3v) is 3.28. The molecule has 3 rings (SSSR count). The first kappa shape index (κ1) is 14.9. The third kappa shape index (κ3) is 3.10. The van der Waals surface area contributed by atoms with Crippen molar-refractivity contribution in [2.75, 3.05) is 0 Å². The standard InChI is InChI=1S/C15H16N6O2/c1-10(2)13-12(19-9-23-13)15(22)18-6-11-4-3-5-17-14(11)21-8-16-7-20-21/h3-5,7-10H,6H2,1-2H3,(H,18,22). The van der Waals surface area contributed by atoms with Crippen LogP contribution < -0.4 is 5.32 Å². The van der Waals surface area contributed by atoms with Gasteiger partial charge in [-0.15, -0.1) is 0 Å². The number of hydrogen-bond donors (Lipinski definition) is 1. The quantitative estimate of drug-likeness (QED) is 0.770.